The molecule has 2 rings (SSSR count). The summed E-state index contributed by atoms with van der Waals surface area (Å²) in [5, 5.41) is 0. The Balaban J connectivity index is 0. The summed E-state index contributed by atoms with van der Waals surface area (Å²) in [5.74, 6) is 0. The van der Waals surface area contributed by atoms with Gasteiger partial charge in [0.15, 0.2) is 0 Å². The zero-order chi connectivity index (χ0) is 16.5. The first kappa shape index (κ1) is 23.4. The summed E-state index contributed by atoms with van der Waals surface area (Å²) in [7, 11) is -4.94. The van der Waals surface area contributed by atoms with Gasteiger partial charge in [-0.05, 0) is 52.0 Å². The van der Waals surface area contributed by atoms with Gasteiger partial charge in [-0.25, -0.2) is 18.6 Å². The van der Waals surface area contributed by atoms with E-state index in [-0.39, 0.29) is 22.4 Å². The molecule has 0 aliphatic rings. The van der Waals surface area contributed by atoms with Crippen molar-refractivity contribution >= 4 is 0 Å². The number of hydrogen-bond acceptors (Lipinski definition) is 6. The van der Waals surface area contributed by atoms with Gasteiger partial charge in [-0.15, -0.1) is 10.2 Å². The van der Waals surface area contributed by atoms with Gasteiger partial charge in [0.25, 0.3) is 0 Å². The number of pyridine rings is 2. The molecule has 0 aliphatic carbocycles. The summed E-state index contributed by atoms with van der Waals surface area (Å²) in [6, 6.07) is 12.0. The second kappa shape index (κ2) is 11.7. The molecule has 0 saturated carbocycles. The van der Waals surface area contributed by atoms with Gasteiger partial charge in [0.1, 0.15) is 0 Å². The fraction of sp³-hybridized carbons (Fsp3) is 0.286. The predicted octanol–water partition coefficient (Wildman–Crippen LogP) is -1.36. The number of aromatic nitrogens is 2. The molecule has 0 saturated heterocycles. The molecule has 0 N–H and O–H groups in total. The Labute approximate surface area is 148 Å². The van der Waals surface area contributed by atoms with Gasteiger partial charge in [0.2, 0.25) is 0 Å². The molecule has 0 amide bonds. The third kappa shape index (κ3) is 17.2. The second-order valence-corrected chi connectivity index (χ2v) is 4.97. The number of rotatable bonds is 0. The summed E-state index contributed by atoms with van der Waals surface area (Å²) in [5.41, 5.74) is 4.35. The average molecular weight is 422 g/mol. The van der Waals surface area contributed by atoms with Crippen LogP contribution in [0, 0.1) is 37.9 Å². The van der Waals surface area contributed by atoms with E-state index in [0.29, 0.717) is 0 Å². The maximum absolute atomic E-state index is 8.49. The molecule has 2 aromatic heterocycles. The normalized spacial score (nSPS) is 9.45. The minimum Gasteiger partial charge on any atom is -0.258 e. The topological polar surface area (TPSA) is 118 Å². The summed E-state index contributed by atoms with van der Waals surface area (Å²) >= 11 is 0. The van der Waals surface area contributed by atoms with Gasteiger partial charge in [-0.1, -0.05) is 12.1 Å². The summed E-state index contributed by atoms with van der Waals surface area (Å²) in [6.45, 7) is 7.97. The Morgan fingerprint density at radius 3 is 0.909 bits per heavy atom. The number of aryl methyl sites for hydroxylation is 4. The third-order valence-corrected chi connectivity index (χ3v) is 2.06. The van der Waals surface area contributed by atoms with E-state index in [1.54, 1.807) is 0 Å². The third-order valence-electron chi connectivity index (χ3n) is 2.06. The first-order chi connectivity index (χ1) is 9.58. The van der Waals surface area contributed by atoms with Crippen molar-refractivity contribution in [3.05, 3.63) is 59.2 Å². The van der Waals surface area contributed by atoms with Gasteiger partial charge in [0.05, 0.1) is 0 Å². The first-order valence-corrected chi connectivity index (χ1v) is 7.23. The van der Waals surface area contributed by atoms with Crippen LogP contribution in [0.5, 0.6) is 0 Å². The van der Waals surface area contributed by atoms with Gasteiger partial charge in [0, 0.05) is 22.8 Å². The van der Waals surface area contributed by atoms with Gasteiger partial charge >= 0.3 is 22.4 Å². The second-order valence-electron chi connectivity index (χ2n) is 4.22. The number of hydrogen-bond donors (Lipinski definition) is 0. The van der Waals surface area contributed by atoms with Crippen LogP contribution in [0.3, 0.4) is 0 Å². The van der Waals surface area contributed by atoms with Crippen molar-refractivity contribution in [2.45, 2.75) is 27.7 Å². The average Bonchev–Trinajstić information content (AvgIpc) is 2.26. The van der Waals surface area contributed by atoms with Crippen molar-refractivity contribution in [2.75, 3.05) is 0 Å². The Morgan fingerprint density at radius 1 is 0.636 bits per heavy atom. The quantitative estimate of drug-likeness (QED) is 0.485. The van der Waals surface area contributed by atoms with Gasteiger partial charge in [-0.2, -0.15) is 0 Å². The van der Waals surface area contributed by atoms with Crippen LogP contribution in [0.1, 0.15) is 22.8 Å². The fourth-order valence-corrected chi connectivity index (χ4v) is 1.36. The number of nitrogens with zero attached hydrogens (tertiary/aromatic N) is 2. The molecule has 126 valence electrons. The number of halogens is 1. The molecule has 0 radical (unpaired) electrons. The van der Waals surface area contributed by atoms with E-state index in [2.05, 4.69) is 9.97 Å². The standard InChI is InChI=1S/2C7H9N.Ag.ClHO4/c2*1-6-4-3-5-7(2)8-6;;2-1(3,4)5/h2*3-5H,1-2H3;;(H,2,3,4,5)/q;;+1;/p-1. The van der Waals surface area contributed by atoms with Crippen LogP contribution in [0.4, 0.5) is 0 Å². The van der Waals surface area contributed by atoms with E-state index in [4.69, 9.17) is 18.6 Å². The summed E-state index contributed by atoms with van der Waals surface area (Å²) in [6.07, 6.45) is 0. The van der Waals surface area contributed by atoms with E-state index in [0.717, 1.165) is 22.8 Å². The monoisotopic (exact) mass is 420 g/mol. The molecule has 0 aliphatic heterocycles. The molecule has 0 bridgehead atoms. The first-order valence-electron chi connectivity index (χ1n) is 6.00. The maximum atomic E-state index is 8.49. The van der Waals surface area contributed by atoms with Crippen molar-refractivity contribution in [2.24, 2.45) is 0 Å². The molecular weight excluding hydrogens is 403 g/mol. The molecule has 0 aromatic carbocycles. The molecule has 2 aromatic rings. The van der Waals surface area contributed by atoms with Crippen molar-refractivity contribution in [3.8, 4) is 0 Å². The van der Waals surface area contributed by atoms with E-state index in [1.807, 2.05) is 64.1 Å². The zero-order valence-electron chi connectivity index (χ0n) is 12.7. The Hall–Kier alpha value is -0.830. The Kier molecular flexibility index (Phi) is 12.5. The molecule has 8 heteroatoms. The zero-order valence-corrected chi connectivity index (χ0v) is 14.9. The van der Waals surface area contributed by atoms with Crippen molar-refractivity contribution < 1.29 is 51.3 Å². The summed E-state index contributed by atoms with van der Waals surface area (Å²) < 4.78 is 34.0. The molecule has 0 unspecified atom stereocenters. The minimum absolute atomic E-state index is 0. The minimum atomic E-state index is -4.94. The molecule has 6 nitrogen and oxygen atoms in total. The van der Waals surface area contributed by atoms with Crippen LogP contribution in [-0.4, -0.2) is 9.97 Å². The SMILES string of the molecule is Cc1cccc(C)n1.Cc1cccc(C)n1.[Ag+].[O-][Cl+3]([O-])([O-])[O-]. The molecule has 0 atom stereocenters. The fourth-order valence-electron chi connectivity index (χ4n) is 1.36. The van der Waals surface area contributed by atoms with Crippen molar-refractivity contribution in [3.63, 3.8) is 0 Å². The molecular formula is C14H18AgClN2O4. The van der Waals surface area contributed by atoms with Gasteiger partial charge < -0.3 is 0 Å². The van der Waals surface area contributed by atoms with Crippen LogP contribution < -0.4 is 18.6 Å². The van der Waals surface area contributed by atoms with Crippen LogP contribution in [-0.2, 0) is 22.4 Å². The van der Waals surface area contributed by atoms with Crippen LogP contribution in [0.25, 0.3) is 0 Å². The molecule has 2 heterocycles. The predicted molar refractivity (Wildman–Crippen MR) is 67.4 cm³/mol. The summed E-state index contributed by atoms with van der Waals surface area (Å²) in [4.78, 5) is 8.35. The van der Waals surface area contributed by atoms with Gasteiger partial charge in [-0.3, -0.25) is 9.97 Å². The van der Waals surface area contributed by atoms with Crippen molar-refractivity contribution in [1.82, 2.24) is 9.97 Å². The van der Waals surface area contributed by atoms with Crippen LogP contribution >= 0.6 is 0 Å². The largest absolute Gasteiger partial charge is 1.00 e. The van der Waals surface area contributed by atoms with Crippen molar-refractivity contribution in [1.29, 1.82) is 0 Å². The Bertz CT molecular complexity index is 466. The molecule has 0 spiro atoms. The molecule has 0 fully saturated rings. The van der Waals surface area contributed by atoms with Crippen LogP contribution in [0.2, 0.25) is 0 Å². The van der Waals surface area contributed by atoms with E-state index in [1.165, 1.54) is 0 Å². The van der Waals surface area contributed by atoms with E-state index < -0.39 is 10.2 Å². The smallest absolute Gasteiger partial charge is 0.258 e. The molecule has 22 heavy (non-hydrogen) atoms. The Morgan fingerprint density at radius 2 is 0.818 bits per heavy atom. The van der Waals surface area contributed by atoms with E-state index >= 15 is 0 Å². The maximum Gasteiger partial charge on any atom is 1.00 e. The van der Waals surface area contributed by atoms with Crippen LogP contribution in [0.15, 0.2) is 36.4 Å². The van der Waals surface area contributed by atoms with E-state index in [9.17, 15) is 0 Å².